The van der Waals surface area contributed by atoms with Gasteiger partial charge in [0.2, 0.25) is 0 Å². The maximum absolute atomic E-state index is 8.75. The smallest absolute Gasteiger partial charge is 0.0991 e. The summed E-state index contributed by atoms with van der Waals surface area (Å²) in [6.07, 6.45) is 2.47. The molecule has 2 rings (SSSR count). The maximum Gasteiger partial charge on any atom is 0.0991 e. The molecule has 1 aliphatic rings. The summed E-state index contributed by atoms with van der Waals surface area (Å²) in [5.41, 5.74) is 3.33. The summed E-state index contributed by atoms with van der Waals surface area (Å²) in [5, 5.41) is 12.2. The SMILES string of the molecule is Cc1cc(C#N)ccc1C1CCCN1. The van der Waals surface area contributed by atoms with Crippen molar-refractivity contribution in [3.63, 3.8) is 0 Å². The Morgan fingerprint density at radius 3 is 2.93 bits per heavy atom. The van der Waals surface area contributed by atoms with E-state index in [1.165, 1.54) is 24.0 Å². The third-order valence-corrected chi connectivity index (χ3v) is 2.83. The molecule has 14 heavy (non-hydrogen) atoms. The molecular formula is C12H14N2. The predicted molar refractivity (Wildman–Crippen MR) is 55.9 cm³/mol. The highest BCUT2D eigenvalue weighted by atomic mass is 14.9. The van der Waals surface area contributed by atoms with Crippen LogP contribution in [-0.4, -0.2) is 6.54 Å². The summed E-state index contributed by atoms with van der Waals surface area (Å²) in [5.74, 6) is 0. The van der Waals surface area contributed by atoms with Gasteiger partial charge in [0.05, 0.1) is 11.6 Å². The minimum absolute atomic E-state index is 0.503. The minimum Gasteiger partial charge on any atom is -0.310 e. The van der Waals surface area contributed by atoms with E-state index >= 15 is 0 Å². The maximum atomic E-state index is 8.75. The largest absolute Gasteiger partial charge is 0.310 e. The second-order valence-corrected chi connectivity index (χ2v) is 3.83. The van der Waals surface area contributed by atoms with Gasteiger partial charge in [0.15, 0.2) is 0 Å². The van der Waals surface area contributed by atoms with Gasteiger partial charge in [-0.05, 0) is 49.6 Å². The van der Waals surface area contributed by atoms with E-state index in [-0.39, 0.29) is 0 Å². The molecular weight excluding hydrogens is 172 g/mol. The molecule has 1 aromatic rings. The highest BCUT2D eigenvalue weighted by Crippen LogP contribution is 2.26. The van der Waals surface area contributed by atoms with Crippen molar-refractivity contribution in [1.82, 2.24) is 5.32 Å². The molecule has 1 aromatic carbocycles. The van der Waals surface area contributed by atoms with E-state index in [0.29, 0.717) is 6.04 Å². The Hall–Kier alpha value is -1.33. The van der Waals surface area contributed by atoms with E-state index in [1.807, 2.05) is 12.1 Å². The molecule has 1 fully saturated rings. The van der Waals surface area contributed by atoms with Gasteiger partial charge < -0.3 is 5.32 Å². The van der Waals surface area contributed by atoms with Crippen LogP contribution < -0.4 is 5.32 Å². The van der Waals surface area contributed by atoms with Crippen molar-refractivity contribution in [3.05, 3.63) is 34.9 Å². The quantitative estimate of drug-likeness (QED) is 0.730. The molecule has 1 saturated heterocycles. The molecule has 0 radical (unpaired) electrons. The number of nitrogens with one attached hydrogen (secondary N) is 1. The van der Waals surface area contributed by atoms with Crippen molar-refractivity contribution in [3.8, 4) is 6.07 Å². The molecule has 72 valence electrons. The number of benzene rings is 1. The van der Waals surface area contributed by atoms with Crippen molar-refractivity contribution in [2.24, 2.45) is 0 Å². The molecule has 0 spiro atoms. The third kappa shape index (κ3) is 1.64. The standard InChI is InChI=1S/C12H14N2/c1-9-7-10(8-13)4-5-11(9)12-3-2-6-14-12/h4-5,7,12,14H,2-3,6H2,1H3. The van der Waals surface area contributed by atoms with Crippen molar-refractivity contribution >= 4 is 0 Å². The molecule has 0 aromatic heterocycles. The molecule has 1 aliphatic heterocycles. The average molecular weight is 186 g/mol. The van der Waals surface area contributed by atoms with E-state index in [9.17, 15) is 0 Å². The number of nitriles is 1. The zero-order valence-electron chi connectivity index (χ0n) is 8.38. The lowest BCUT2D eigenvalue weighted by molar-refractivity contribution is 0.644. The fourth-order valence-corrected chi connectivity index (χ4v) is 2.09. The van der Waals surface area contributed by atoms with Gasteiger partial charge in [-0.2, -0.15) is 5.26 Å². The number of hydrogen-bond donors (Lipinski definition) is 1. The van der Waals surface area contributed by atoms with Crippen LogP contribution in [0.5, 0.6) is 0 Å². The summed E-state index contributed by atoms with van der Waals surface area (Å²) in [7, 11) is 0. The van der Waals surface area contributed by atoms with Crippen molar-refractivity contribution in [2.75, 3.05) is 6.54 Å². The molecule has 1 N–H and O–H groups in total. The summed E-state index contributed by atoms with van der Waals surface area (Å²) < 4.78 is 0. The molecule has 2 nitrogen and oxygen atoms in total. The van der Waals surface area contributed by atoms with E-state index in [4.69, 9.17) is 5.26 Å². The molecule has 0 bridgehead atoms. The number of hydrogen-bond acceptors (Lipinski definition) is 2. The summed E-state index contributed by atoms with van der Waals surface area (Å²) in [6.45, 7) is 3.19. The monoisotopic (exact) mass is 186 g/mol. The predicted octanol–water partition coefficient (Wildman–Crippen LogP) is 2.29. The topological polar surface area (TPSA) is 35.8 Å². The molecule has 0 saturated carbocycles. The van der Waals surface area contributed by atoms with Crippen molar-refractivity contribution in [2.45, 2.75) is 25.8 Å². The Morgan fingerprint density at radius 2 is 2.36 bits per heavy atom. The third-order valence-electron chi connectivity index (χ3n) is 2.83. The highest BCUT2D eigenvalue weighted by molar-refractivity contribution is 5.39. The second kappa shape index (κ2) is 3.81. The normalized spacial score (nSPS) is 20.7. The first-order valence-corrected chi connectivity index (χ1v) is 5.05. The van der Waals surface area contributed by atoms with Crippen LogP contribution in [-0.2, 0) is 0 Å². The van der Waals surface area contributed by atoms with Crippen LogP contribution in [0.2, 0.25) is 0 Å². The second-order valence-electron chi connectivity index (χ2n) is 3.83. The lowest BCUT2D eigenvalue weighted by Crippen LogP contribution is -2.13. The fourth-order valence-electron chi connectivity index (χ4n) is 2.09. The fraction of sp³-hybridized carbons (Fsp3) is 0.417. The van der Waals surface area contributed by atoms with Crippen molar-refractivity contribution < 1.29 is 0 Å². The lowest BCUT2D eigenvalue weighted by atomic mass is 9.98. The van der Waals surface area contributed by atoms with Crippen molar-refractivity contribution in [1.29, 1.82) is 5.26 Å². The van der Waals surface area contributed by atoms with Crippen LogP contribution in [0.1, 0.15) is 35.6 Å². The van der Waals surface area contributed by atoms with Gasteiger partial charge in [0, 0.05) is 6.04 Å². The molecule has 1 heterocycles. The van der Waals surface area contributed by atoms with Gasteiger partial charge in [-0.15, -0.1) is 0 Å². The number of nitrogens with zero attached hydrogens (tertiary/aromatic N) is 1. The first kappa shape index (κ1) is 9.23. The van der Waals surface area contributed by atoms with Crippen LogP contribution in [0.3, 0.4) is 0 Å². The first-order chi connectivity index (χ1) is 6.81. The van der Waals surface area contributed by atoms with Crippen LogP contribution in [0.4, 0.5) is 0 Å². The van der Waals surface area contributed by atoms with Gasteiger partial charge in [-0.1, -0.05) is 6.07 Å². The van der Waals surface area contributed by atoms with Gasteiger partial charge in [-0.3, -0.25) is 0 Å². The Bertz CT molecular complexity index is 370. The Morgan fingerprint density at radius 1 is 1.50 bits per heavy atom. The first-order valence-electron chi connectivity index (χ1n) is 5.05. The van der Waals surface area contributed by atoms with Gasteiger partial charge >= 0.3 is 0 Å². The van der Waals surface area contributed by atoms with E-state index in [2.05, 4.69) is 24.4 Å². The van der Waals surface area contributed by atoms with Gasteiger partial charge in [-0.25, -0.2) is 0 Å². The Labute approximate surface area is 84.6 Å². The molecule has 0 aliphatic carbocycles. The Balaban J connectivity index is 2.30. The minimum atomic E-state index is 0.503. The summed E-state index contributed by atoms with van der Waals surface area (Å²) in [6, 6.07) is 8.62. The van der Waals surface area contributed by atoms with Gasteiger partial charge in [0.25, 0.3) is 0 Å². The highest BCUT2D eigenvalue weighted by Gasteiger charge is 2.17. The number of rotatable bonds is 1. The summed E-state index contributed by atoms with van der Waals surface area (Å²) in [4.78, 5) is 0. The van der Waals surface area contributed by atoms with Gasteiger partial charge in [0.1, 0.15) is 0 Å². The van der Waals surface area contributed by atoms with Crippen LogP contribution >= 0.6 is 0 Å². The van der Waals surface area contributed by atoms with E-state index < -0.39 is 0 Å². The zero-order valence-corrected chi connectivity index (χ0v) is 8.38. The molecule has 1 unspecified atom stereocenters. The average Bonchev–Trinajstić information content (AvgIpc) is 2.70. The lowest BCUT2D eigenvalue weighted by Gasteiger charge is -2.13. The molecule has 0 amide bonds. The number of aryl methyl sites for hydroxylation is 1. The van der Waals surface area contributed by atoms with Crippen LogP contribution in [0.25, 0.3) is 0 Å². The van der Waals surface area contributed by atoms with E-state index in [0.717, 1.165) is 12.1 Å². The van der Waals surface area contributed by atoms with Crippen LogP contribution in [0, 0.1) is 18.3 Å². The summed E-state index contributed by atoms with van der Waals surface area (Å²) >= 11 is 0. The molecule has 1 atom stereocenters. The van der Waals surface area contributed by atoms with E-state index in [1.54, 1.807) is 0 Å². The Kier molecular flexibility index (Phi) is 2.51. The molecule has 2 heteroatoms. The van der Waals surface area contributed by atoms with Crippen LogP contribution in [0.15, 0.2) is 18.2 Å². The zero-order chi connectivity index (χ0) is 9.97.